The van der Waals surface area contributed by atoms with Gasteiger partial charge in [0.2, 0.25) is 70.9 Å². The van der Waals surface area contributed by atoms with Crippen LogP contribution >= 0.6 is 23.2 Å². The first-order valence-electron chi connectivity index (χ1n) is 39.8. The number of nitrogens with one attached hydrogen (secondary N) is 3. The van der Waals surface area contributed by atoms with Crippen LogP contribution in [0.25, 0.3) is 0 Å². The normalized spacial score (nSPS) is 32.3. The zero-order valence-electron chi connectivity index (χ0n) is 66.5. The van der Waals surface area contributed by atoms with Crippen LogP contribution in [0.3, 0.4) is 0 Å². The molecule has 614 valence electrons. The van der Waals surface area contributed by atoms with Crippen molar-refractivity contribution in [3.05, 3.63) is 12.2 Å². The Morgan fingerprint density at radius 1 is 0.642 bits per heavy atom. The minimum absolute atomic E-state index is 0.0135. The van der Waals surface area contributed by atoms with Crippen LogP contribution < -0.4 is 16.0 Å². The molecule has 12 amide bonds. The summed E-state index contributed by atoms with van der Waals surface area (Å²) in [6.45, 7) is 9.92. The Kier molecular flexibility index (Phi) is 31.1. The number of methoxy groups -OCH3 is 1. The fraction of sp³-hybridized carbons (Fsp3) is 0.821. The van der Waals surface area contributed by atoms with E-state index in [1.165, 1.54) is 73.9 Å². The van der Waals surface area contributed by atoms with Gasteiger partial charge in [-0.2, -0.15) is 13.2 Å². The Hall–Kier alpha value is -6.33. The lowest BCUT2D eigenvalue weighted by atomic mass is 9.58. The van der Waals surface area contributed by atoms with Gasteiger partial charge in [-0.05, 0) is 165 Å². The number of alkyl halides is 5. The van der Waals surface area contributed by atoms with E-state index in [-0.39, 0.29) is 113 Å². The molecule has 109 heavy (non-hydrogen) atoms. The summed E-state index contributed by atoms with van der Waals surface area (Å²) >= 11 is 13.3. The number of amides is 12. The highest BCUT2D eigenvalue weighted by molar-refractivity contribution is 6.30. The van der Waals surface area contributed by atoms with Crippen LogP contribution in [0, 0.1) is 35.0 Å². The van der Waals surface area contributed by atoms with Gasteiger partial charge in [-0.15, -0.1) is 23.2 Å². The molecule has 2 bridgehead atoms. The van der Waals surface area contributed by atoms with Crippen molar-refractivity contribution in [3.63, 3.8) is 0 Å². The van der Waals surface area contributed by atoms with Crippen LogP contribution in [-0.2, 0) is 67.0 Å². The molecule has 1 spiro atoms. The number of likely N-dealkylation sites (N-methyl/N-ethyl adjacent to an activating group) is 6. The number of carbonyl (C=O) groups is 12. The van der Waals surface area contributed by atoms with Crippen molar-refractivity contribution in [2.45, 2.75) is 279 Å². The molecule has 13 atom stereocenters. The number of hydrogen-bond donors (Lipinski definition) is 3. The third kappa shape index (κ3) is 21.9. The average Bonchev–Trinajstić information content (AvgIpc) is 1.09. The van der Waals surface area contributed by atoms with Crippen LogP contribution in [0.5, 0.6) is 0 Å². The third-order valence-corrected chi connectivity index (χ3v) is 25.8. The predicted molar refractivity (Wildman–Crippen MR) is 404 cm³/mol. The second-order valence-electron chi connectivity index (χ2n) is 33.8. The summed E-state index contributed by atoms with van der Waals surface area (Å²) in [5.41, 5.74) is -2.15. The van der Waals surface area contributed by atoms with Crippen molar-refractivity contribution in [2.75, 3.05) is 95.3 Å². The molecule has 8 rings (SSSR count). The zero-order chi connectivity index (χ0) is 80.3. The van der Waals surface area contributed by atoms with Gasteiger partial charge < -0.3 is 69.5 Å². The van der Waals surface area contributed by atoms with Crippen molar-refractivity contribution in [3.8, 4) is 0 Å². The summed E-state index contributed by atoms with van der Waals surface area (Å²) in [5.74, 6) is -11.3. The summed E-state index contributed by atoms with van der Waals surface area (Å²) in [5, 5.41) is 8.24. The van der Waals surface area contributed by atoms with Gasteiger partial charge in [-0.1, -0.05) is 59.1 Å². The topological polar surface area (TPSA) is 289 Å². The van der Waals surface area contributed by atoms with E-state index in [0.29, 0.717) is 70.9 Å². The molecular weight excluding hydrogens is 1460 g/mol. The minimum atomic E-state index is -4.45. The number of ether oxygens (including phenoxy) is 2. The van der Waals surface area contributed by atoms with Gasteiger partial charge >= 0.3 is 6.18 Å². The van der Waals surface area contributed by atoms with Crippen molar-refractivity contribution in [2.24, 2.45) is 35.0 Å². The average molecular weight is 1580 g/mol. The molecule has 4 aliphatic carbocycles. The Morgan fingerprint density at radius 3 is 1.89 bits per heavy atom. The van der Waals surface area contributed by atoms with E-state index in [9.17, 15) is 32.3 Å². The number of carbonyl (C=O) groups excluding carboxylic acids is 12. The van der Waals surface area contributed by atoms with E-state index in [4.69, 9.17) is 32.7 Å². The number of halogens is 5. The Morgan fingerprint density at radius 2 is 1.28 bits per heavy atom. The molecule has 26 nitrogen and oxygen atoms in total. The van der Waals surface area contributed by atoms with Crippen LogP contribution in [0.15, 0.2) is 12.2 Å². The lowest BCUT2D eigenvalue weighted by molar-refractivity contribution is -0.184. The van der Waals surface area contributed by atoms with E-state index < -0.39 is 186 Å². The van der Waals surface area contributed by atoms with Gasteiger partial charge in [-0.25, -0.2) is 0 Å². The Balaban J connectivity index is 1.22. The predicted octanol–water partition coefficient (Wildman–Crippen LogP) is 6.65. The Labute approximate surface area is 652 Å². The number of hydrogen-bond acceptors (Lipinski definition) is 14. The number of fused-ring (bicyclic) bond motifs is 3. The largest absolute Gasteiger partial charge is 0.391 e. The number of nitrogens with zero attached hydrogens (tertiary/aromatic N) is 9. The molecule has 0 aromatic heterocycles. The van der Waals surface area contributed by atoms with Crippen LogP contribution in [0.4, 0.5) is 13.2 Å². The van der Waals surface area contributed by atoms with E-state index in [1.54, 1.807) is 30.9 Å². The minimum Gasteiger partial charge on any atom is -0.382 e. The maximum absolute atomic E-state index is 16.0. The molecule has 0 radical (unpaired) electrons. The van der Waals surface area contributed by atoms with Crippen molar-refractivity contribution in [1.82, 2.24) is 60.0 Å². The van der Waals surface area contributed by atoms with Crippen LogP contribution in [0.2, 0.25) is 0 Å². The molecule has 7 fully saturated rings. The maximum Gasteiger partial charge on any atom is 0.391 e. The quantitative estimate of drug-likeness (QED) is 0.129. The van der Waals surface area contributed by atoms with E-state index in [2.05, 4.69) is 16.0 Å². The van der Waals surface area contributed by atoms with Crippen molar-refractivity contribution >= 4 is 94.1 Å². The molecule has 3 saturated heterocycles. The number of likely N-dealkylation sites (tertiary alicyclic amines) is 1. The first-order chi connectivity index (χ1) is 51.3. The first kappa shape index (κ1) is 88.2. The molecular formula is C78H123Cl2F3N12O14. The highest BCUT2D eigenvalue weighted by Crippen LogP contribution is 2.50. The molecule has 4 saturated carbocycles. The van der Waals surface area contributed by atoms with Crippen LogP contribution in [0.1, 0.15) is 196 Å². The summed E-state index contributed by atoms with van der Waals surface area (Å²) in [6.07, 6.45) is 4.74. The first-order valence-corrected chi connectivity index (χ1v) is 40.7. The molecule has 8 aliphatic rings. The van der Waals surface area contributed by atoms with Crippen molar-refractivity contribution in [1.29, 1.82) is 0 Å². The highest BCUT2D eigenvalue weighted by Gasteiger charge is 2.60. The molecule has 0 aromatic rings. The monoisotopic (exact) mass is 1580 g/mol. The smallest absolute Gasteiger partial charge is 0.382 e. The van der Waals surface area contributed by atoms with Crippen molar-refractivity contribution < 1.29 is 80.2 Å². The fourth-order valence-corrected chi connectivity index (χ4v) is 18.9. The van der Waals surface area contributed by atoms with E-state index in [0.717, 1.165) is 34.0 Å². The summed E-state index contributed by atoms with van der Waals surface area (Å²) in [4.78, 5) is 195. The number of rotatable bonds is 13. The fourth-order valence-electron chi connectivity index (χ4n) is 18.3. The standard InChI is InChI=1S/C78H123Cl2F3N12O14/c1-14-48(4)65-73(105)88(8)43-64(98)89(9)57-25-17-15-22-36-94(72(57)104)60(38-50-26-30-52(31-27-50)78(81,82)83)70(102)87(7)42-62(96)84-56(33-29-49-28-32-54(79)55(80)37-49)69(101)95-41-53(109-47(2)3)39-58(95)68(100)86-77(45-76(5,6)46-77)75(107)92(12)66(51-23-18-19-24-51)74(106)91(11)59(71(103)93-34-20-16-21-35-93)40-63(97)90(10)61(44-108-13)67(99)85-65/h15,17,47-61,65-66H,14,16,18-46H2,1-13H3,(H,84,96)(H,85,99)(H,86,100)/b17-15-/t48-,49?,50?,52?,53+,54?,55?,56-,57-,58-,59-,60-,61-,65-,66-/m0/s1. The van der Waals surface area contributed by atoms with Gasteiger partial charge in [0.25, 0.3) is 0 Å². The second kappa shape index (κ2) is 38.5. The third-order valence-electron chi connectivity index (χ3n) is 24.7. The molecule has 4 aliphatic heterocycles. The van der Waals surface area contributed by atoms with Gasteiger partial charge in [-0.3, -0.25) is 57.5 Å². The summed E-state index contributed by atoms with van der Waals surface area (Å²) in [6, 6.07) is -10.6. The molecule has 4 heterocycles. The zero-order valence-corrected chi connectivity index (χ0v) is 68.0. The highest BCUT2D eigenvalue weighted by atomic mass is 35.5. The number of piperidine rings is 1. The maximum atomic E-state index is 16.0. The van der Waals surface area contributed by atoms with Gasteiger partial charge in [0, 0.05) is 87.4 Å². The molecule has 3 unspecified atom stereocenters. The summed E-state index contributed by atoms with van der Waals surface area (Å²) in [7, 11) is 9.74. The lowest BCUT2D eigenvalue weighted by Gasteiger charge is -2.54. The Bertz CT molecular complexity index is 3270. The van der Waals surface area contributed by atoms with Gasteiger partial charge in [0.1, 0.15) is 53.9 Å². The SMILES string of the molecule is CC[C@H](C)[C@@H]1NC(=O)[C@H](COC)N(C)C(=O)C[C@@H](C(=O)N2CCCCC2)N(C)C(=O)[C@H](C2CCCC2)N(C)C(=O)C2(CC(C)(C)C2)NC(=O)[C@@H]2C[C@@H](OC(C)C)CN2C(=O)[C@H](CCC2CCC(Cl)C(Cl)C2)NC(=O)CN(C)C(=O)[C@H](CC2CCC(C(F)(F)F)CC2)N2CC/C=C\C[C@@H](C2=O)N(C)C(=O)CN(C)C1=O. The van der Waals surface area contributed by atoms with E-state index >= 15 is 38.4 Å². The summed E-state index contributed by atoms with van der Waals surface area (Å²) < 4.78 is 54.5. The van der Waals surface area contributed by atoms with Crippen LogP contribution in [-0.4, -0.2) is 293 Å². The second-order valence-corrected chi connectivity index (χ2v) is 34.9. The molecule has 0 aromatic carbocycles. The van der Waals surface area contributed by atoms with E-state index in [1.807, 2.05) is 27.7 Å². The van der Waals surface area contributed by atoms with Gasteiger partial charge in [0.15, 0.2) is 0 Å². The van der Waals surface area contributed by atoms with Gasteiger partial charge in [0.05, 0.1) is 49.6 Å². The lowest BCUT2D eigenvalue weighted by Crippen LogP contribution is -2.71. The molecule has 3 N–H and O–H groups in total. The molecule has 31 heteroatoms.